The van der Waals surface area contributed by atoms with E-state index in [1.807, 2.05) is 14.0 Å². The van der Waals surface area contributed by atoms with E-state index in [-0.39, 0.29) is 5.16 Å². The molecule has 0 fully saturated rings. The van der Waals surface area contributed by atoms with E-state index in [9.17, 15) is 5.11 Å². The Morgan fingerprint density at radius 3 is 2.38 bits per heavy atom. The van der Waals surface area contributed by atoms with Gasteiger partial charge in [0.05, 0.1) is 0 Å². The van der Waals surface area contributed by atoms with E-state index in [2.05, 4.69) is 63.3 Å². The lowest BCUT2D eigenvalue weighted by atomic mass is 9.88. The molecule has 2 unspecified atom stereocenters. The highest BCUT2D eigenvalue weighted by Crippen LogP contribution is 2.51. The van der Waals surface area contributed by atoms with Gasteiger partial charge < -0.3 is 10.4 Å². The molecule has 2 rings (SSSR count). The fourth-order valence-electron chi connectivity index (χ4n) is 3.91. The Morgan fingerprint density at radius 1 is 1.04 bits per heavy atom. The van der Waals surface area contributed by atoms with Crippen molar-refractivity contribution in [3.8, 4) is 5.75 Å². The first-order valence-corrected chi connectivity index (χ1v) is 10.7. The SMILES string of the molecule is CCCC(CC)(Pc1ccc(C)cc1CNC)c1cc(C)cc(C)c1O. The zero-order valence-corrected chi connectivity index (χ0v) is 18.2. The molecule has 2 atom stereocenters. The van der Waals surface area contributed by atoms with Crippen LogP contribution in [-0.4, -0.2) is 12.2 Å². The molecule has 0 heterocycles. The average molecular weight is 372 g/mol. The van der Waals surface area contributed by atoms with Gasteiger partial charge in [0.1, 0.15) is 5.75 Å². The molecule has 2 aromatic rings. The molecule has 2 N–H and O–H groups in total. The molecule has 0 spiro atoms. The molecular formula is C23H34NOP. The summed E-state index contributed by atoms with van der Waals surface area (Å²) in [5, 5.41) is 15.6. The Kier molecular flexibility index (Phi) is 7.26. The summed E-state index contributed by atoms with van der Waals surface area (Å²) >= 11 is 0. The average Bonchev–Trinajstić information content (AvgIpc) is 2.60. The number of nitrogens with one attached hydrogen (secondary N) is 1. The molecule has 3 heteroatoms. The third-order valence-corrected chi connectivity index (χ3v) is 7.35. The number of hydrogen-bond acceptors (Lipinski definition) is 2. The minimum atomic E-state index is -0.00658. The van der Waals surface area contributed by atoms with Gasteiger partial charge in [0.25, 0.3) is 0 Å². The van der Waals surface area contributed by atoms with Crippen LogP contribution in [0.25, 0.3) is 0 Å². The Balaban J connectivity index is 2.59. The van der Waals surface area contributed by atoms with E-state index in [1.165, 1.54) is 22.0 Å². The second-order valence-electron chi connectivity index (χ2n) is 7.48. The lowest BCUT2D eigenvalue weighted by molar-refractivity contribution is 0.438. The van der Waals surface area contributed by atoms with Gasteiger partial charge in [0.2, 0.25) is 0 Å². The molecule has 142 valence electrons. The normalized spacial score (nSPS) is 14.1. The van der Waals surface area contributed by atoms with Crippen molar-refractivity contribution in [2.45, 2.75) is 65.6 Å². The predicted molar refractivity (Wildman–Crippen MR) is 116 cm³/mol. The first-order valence-electron chi connectivity index (χ1n) is 9.69. The van der Waals surface area contributed by atoms with Gasteiger partial charge in [-0.05, 0) is 57.1 Å². The monoisotopic (exact) mass is 371 g/mol. The summed E-state index contributed by atoms with van der Waals surface area (Å²) in [7, 11) is 2.65. The van der Waals surface area contributed by atoms with Gasteiger partial charge >= 0.3 is 0 Å². The number of aromatic hydroxyl groups is 1. The molecule has 0 bridgehead atoms. The zero-order valence-electron chi connectivity index (χ0n) is 17.2. The second-order valence-corrected chi connectivity index (χ2v) is 9.23. The van der Waals surface area contributed by atoms with Crippen LogP contribution >= 0.6 is 8.58 Å². The van der Waals surface area contributed by atoms with Crippen LogP contribution in [0.15, 0.2) is 30.3 Å². The first kappa shape index (κ1) is 20.9. The highest BCUT2D eigenvalue weighted by molar-refractivity contribution is 7.48. The Hall–Kier alpha value is -1.37. The van der Waals surface area contributed by atoms with Crippen molar-refractivity contribution in [3.05, 3.63) is 58.1 Å². The number of aryl methyl sites for hydroxylation is 3. The highest BCUT2D eigenvalue weighted by atomic mass is 31.1. The lowest BCUT2D eigenvalue weighted by Crippen LogP contribution is -2.25. The van der Waals surface area contributed by atoms with Gasteiger partial charge in [-0.1, -0.05) is 70.3 Å². The number of phenols is 1. The molecule has 0 aromatic heterocycles. The molecule has 26 heavy (non-hydrogen) atoms. The van der Waals surface area contributed by atoms with E-state index < -0.39 is 0 Å². The van der Waals surface area contributed by atoms with Crippen molar-refractivity contribution in [1.82, 2.24) is 5.32 Å². The maximum Gasteiger partial charge on any atom is 0.122 e. The van der Waals surface area contributed by atoms with Gasteiger partial charge in [-0.2, -0.15) is 0 Å². The molecule has 0 saturated carbocycles. The summed E-state index contributed by atoms with van der Waals surface area (Å²) < 4.78 is 0. The van der Waals surface area contributed by atoms with E-state index >= 15 is 0 Å². The molecule has 0 aliphatic rings. The van der Waals surface area contributed by atoms with Crippen LogP contribution in [0.3, 0.4) is 0 Å². The van der Waals surface area contributed by atoms with Crippen LogP contribution in [0.5, 0.6) is 5.75 Å². The lowest BCUT2D eigenvalue weighted by Gasteiger charge is -2.35. The highest BCUT2D eigenvalue weighted by Gasteiger charge is 2.33. The molecule has 0 aliphatic heterocycles. The minimum absolute atomic E-state index is 0.00658. The molecule has 0 amide bonds. The smallest absolute Gasteiger partial charge is 0.122 e. The van der Waals surface area contributed by atoms with Crippen LogP contribution in [0.4, 0.5) is 0 Å². The van der Waals surface area contributed by atoms with Crippen molar-refractivity contribution in [3.63, 3.8) is 0 Å². The van der Waals surface area contributed by atoms with Crippen molar-refractivity contribution < 1.29 is 5.11 Å². The van der Waals surface area contributed by atoms with Gasteiger partial charge in [0.15, 0.2) is 0 Å². The Labute approximate surface area is 161 Å². The maximum absolute atomic E-state index is 10.9. The van der Waals surface area contributed by atoms with Crippen LogP contribution in [0, 0.1) is 20.8 Å². The van der Waals surface area contributed by atoms with Crippen LogP contribution in [0.1, 0.15) is 60.9 Å². The van der Waals surface area contributed by atoms with Crippen LogP contribution in [0.2, 0.25) is 0 Å². The molecule has 2 aromatic carbocycles. The van der Waals surface area contributed by atoms with Crippen molar-refractivity contribution >= 4 is 13.9 Å². The third-order valence-electron chi connectivity index (χ3n) is 5.24. The predicted octanol–water partition coefficient (Wildman–Crippen LogP) is 5.45. The largest absolute Gasteiger partial charge is 0.507 e. The van der Waals surface area contributed by atoms with Crippen LogP contribution < -0.4 is 10.6 Å². The standard InChI is InChI=1S/C23H34NOP/c1-7-11-23(8-2,20-14-17(4)12-18(5)22(20)25)26-21-10-9-16(3)13-19(21)15-24-6/h9-10,12-14,24-26H,7-8,11,15H2,1-6H3. The summed E-state index contributed by atoms with van der Waals surface area (Å²) in [5.74, 6) is 0.487. The van der Waals surface area contributed by atoms with Gasteiger partial charge in [-0.25, -0.2) is 0 Å². The first-order chi connectivity index (χ1) is 12.4. The Morgan fingerprint density at radius 2 is 1.77 bits per heavy atom. The Bertz CT molecular complexity index is 756. The molecule has 0 saturated heterocycles. The van der Waals surface area contributed by atoms with Crippen LogP contribution in [-0.2, 0) is 11.7 Å². The van der Waals surface area contributed by atoms with Crippen molar-refractivity contribution in [2.75, 3.05) is 7.05 Å². The van der Waals surface area contributed by atoms with E-state index in [0.717, 1.165) is 36.9 Å². The number of phenolic OH excluding ortho intramolecular Hbond substituents is 1. The van der Waals surface area contributed by atoms with Gasteiger partial charge in [-0.3, -0.25) is 0 Å². The zero-order chi connectivity index (χ0) is 19.3. The summed E-state index contributed by atoms with van der Waals surface area (Å²) in [5.41, 5.74) is 6.03. The summed E-state index contributed by atoms with van der Waals surface area (Å²) in [6, 6.07) is 11.1. The fourth-order valence-corrected chi connectivity index (χ4v) is 5.79. The van der Waals surface area contributed by atoms with Crippen molar-refractivity contribution in [1.29, 1.82) is 0 Å². The summed E-state index contributed by atoms with van der Waals surface area (Å²) in [4.78, 5) is 0. The topological polar surface area (TPSA) is 32.3 Å². The quantitative estimate of drug-likeness (QED) is 0.605. The molecule has 2 nitrogen and oxygen atoms in total. The number of rotatable bonds is 8. The van der Waals surface area contributed by atoms with E-state index in [0.29, 0.717) is 14.3 Å². The summed E-state index contributed by atoms with van der Waals surface area (Å²) in [6.45, 7) is 11.7. The maximum atomic E-state index is 10.9. The molecule has 0 aliphatic carbocycles. The number of benzene rings is 2. The van der Waals surface area contributed by atoms with E-state index in [1.54, 1.807) is 0 Å². The van der Waals surface area contributed by atoms with Gasteiger partial charge in [-0.15, -0.1) is 0 Å². The van der Waals surface area contributed by atoms with Crippen molar-refractivity contribution in [2.24, 2.45) is 0 Å². The second kappa shape index (κ2) is 9.02. The third kappa shape index (κ3) is 4.48. The van der Waals surface area contributed by atoms with Gasteiger partial charge in [0, 0.05) is 17.3 Å². The molecular weight excluding hydrogens is 337 g/mol. The summed E-state index contributed by atoms with van der Waals surface area (Å²) in [6.07, 6.45) is 3.23. The minimum Gasteiger partial charge on any atom is -0.507 e. The fraction of sp³-hybridized carbons (Fsp3) is 0.478. The number of hydrogen-bond donors (Lipinski definition) is 2. The molecule has 0 radical (unpaired) electrons. The van der Waals surface area contributed by atoms with E-state index in [4.69, 9.17) is 0 Å².